The summed E-state index contributed by atoms with van der Waals surface area (Å²) in [7, 11) is -1.63. The Labute approximate surface area is 194 Å². The average molecular weight is 472 g/mol. The summed E-state index contributed by atoms with van der Waals surface area (Å²) in [6.45, 7) is 6.46. The van der Waals surface area contributed by atoms with Gasteiger partial charge < -0.3 is 14.6 Å². The third-order valence-corrected chi connectivity index (χ3v) is 7.08. The lowest BCUT2D eigenvalue weighted by Crippen LogP contribution is -2.38. The smallest absolute Gasteiger partial charge is 0.240 e. The van der Waals surface area contributed by atoms with Gasteiger partial charge in [-0.25, -0.2) is 28.1 Å². The highest BCUT2D eigenvalue weighted by molar-refractivity contribution is 7.89. The molecule has 0 amide bonds. The van der Waals surface area contributed by atoms with E-state index in [2.05, 4.69) is 29.9 Å². The summed E-state index contributed by atoms with van der Waals surface area (Å²) in [6, 6.07) is 8.36. The van der Waals surface area contributed by atoms with E-state index in [1.54, 1.807) is 36.7 Å². The van der Waals surface area contributed by atoms with Gasteiger partial charge >= 0.3 is 0 Å². The van der Waals surface area contributed by atoms with Crippen LogP contribution >= 0.6 is 0 Å². The molecule has 1 fully saturated rings. The number of ether oxygens (including phenoxy) is 1. The van der Waals surface area contributed by atoms with Crippen LogP contribution in [0.5, 0.6) is 0 Å². The molecular weight excluding hydrogens is 442 g/mol. The Balaban J connectivity index is 1.34. The van der Waals surface area contributed by atoms with E-state index in [9.17, 15) is 8.42 Å². The quantitative estimate of drug-likeness (QED) is 0.455. The first-order chi connectivity index (χ1) is 15.9. The lowest BCUT2D eigenvalue weighted by Gasteiger charge is -2.26. The predicted molar refractivity (Wildman–Crippen MR) is 126 cm³/mol. The normalized spacial score (nSPS) is 15.0. The van der Waals surface area contributed by atoms with Crippen molar-refractivity contribution in [2.45, 2.75) is 18.2 Å². The van der Waals surface area contributed by atoms with Gasteiger partial charge in [0, 0.05) is 38.6 Å². The highest BCUT2D eigenvalue weighted by atomic mass is 32.2. The molecule has 1 aromatic carbocycles. The molecule has 3 heterocycles. The first kappa shape index (κ1) is 23.3. The van der Waals surface area contributed by atoms with E-state index in [0.717, 1.165) is 56.5 Å². The molecule has 176 valence electrons. The van der Waals surface area contributed by atoms with Gasteiger partial charge in [-0.15, -0.1) is 0 Å². The Bertz CT molecular complexity index is 1170. The second kappa shape index (κ2) is 10.4. The molecule has 1 saturated heterocycles. The fraction of sp³-hybridized carbons (Fsp3) is 0.409. The van der Waals surface area contributed by atoms with E-state index in [4.69, 9.17) is 4.74 Å². The van der Waals surface area contributed by atoms with Gasteiger partial charge in [0.2, 0.25) is 16.0 Å². The van der Waals surface area contributed by atoms with Crippen LogP contribution in [0.2, 0.25) is 0 Å². The third kappa shape index (κ3) is 5.93. The average Bonchev–Trinajstić information content (AvgIpc) is 3.16. The fourth-order valence-corrected chi connectivity index (χ4v) is 4.64. The second-order valence-electron chi connectivity index (χ2n) is 7.87. The number of anilines is 2. The zero-order chi connectivity index (χ0) is 23.3. The maximum absolute atomic E-state index is 12.6. The monoisotopic (exact) mass is 471 g/mol. The minimum Gasteiger partial charge on any atom is -0.379 e. The maximum Gasteiger partial charge on any atom is 0.240 e. The number of morpholine rings is 1. The van der Waals surface area contributed by atoms with E-state index in [1.807, 2.05) is 24.6 Å². The summed E-state index contributed by atoms with van der Waals surface area (Å²) in [4.78, 5) is 15.6. The first-order valence-electron chi connectivity index (χ1n) is 10.9. The largest absolute Gasteiger partial charge is 0.379 e. The van der Waals surface area contributed by atoms with Gasteiger partial charge in [-0.05, 0) is 50.2 Å². The third-order valence-electron chi connectivity index (χ3n) is 5.61. The Morgan fingerprint density at radius 3 is 2.55 bits per heavy atom. The van der Waals surface area contributed by atoms with E-state index < -0.39 is 10.0 Å². The summed E-state index contributed by atoms with van der Waals surface area (Å²) in [6.07, 6.45) is 4.20. The van der Waals surface area contributed by atoms with Gasteiger partial charge in [0.05, 0.1) is 35.7 Å². The van der Waals surface area contributed by atoms with Crippen molar-refractivity contribution in [3.8, 4) is 11.4 Å². The number of hydrogen-bond donors (Lipinski definition) is 2. The van der Waals surface area contributed by atoms with Crippen LogP contribution in [0.15, 0.2) is 47.6 Å². The predicted octanol–water partition coefficient (Wildman–Crippen LogP) is 1.93. The Morgan fingerprint density at radius 2 is 1.85 bits per heavy atom. The molecule has 2 aromatic heterocycles. The van der Waals surface area contributed by atoms with Crippen molar-refractivity contribution in [2.75, 3.05) is 44.7 Å². The first-order valence-corrected chi connectivity index (χ1v) is 12.4. The lowest BCUT2D eigenvalue weighted by molar-refractivity contribution is 0.0376. The van der Waals surface area contributed by atoms with Crippen LogP contribution in [0, 0.1) is 6.92 Å². The Kier molecular flexibility index (Phi) is 7.33. The molecule has 0 unspecified atom stereocenters. The molecule has 1 aliphatic heterocycles. The summed E-state index contributed by atoms with van der Waals surface area (Å²) >= 11 is 0. The standard InChI is InChI=1S/C22H29N7O3S/c1-17-24-16-21(28(17)2)20-8-10-23-22(27-20)26-18-4-6-19(7-5-18)33(30,31)25-9-3-11-29-12-14-32-15-13-29/h4-8,10,16,25H,3,9,11-15H2,1-2H3,(H,23,26,27). The number of hydrogen-bond acceptors (Lipinski definition) is 8. The lowest BCUT2D eigenvalue weighted by atomic mass is 10.3. The van der Waals surface area contributed by atoms with Crippen molar-refractivity contribution < 1.29 is 13.2 Å². The molecule has 33 heavy (non-hydrogen) atoms. The van der Waals surface area contributed by atoms with E-state index in [-0.39, 0.29) is 4.90 Å². The molecule has 4 rings (SSSR count). The number of rotatable bonds is 9. The van der Waals surface area contributed by atoms with Gasteiger partial charge in [-0.3, -0.25) is 4.90 Å². The van der Waals surface area contributed by atoms with Crippen molar-refractivity contribution in [1.82, 2.24) is 29.1 Å². The van der Waals surface area contributed by atoms with Gasteiger partial charge in [0.25, 0.3) is 0 Å². The number of aromatic nitrogens is 4. The topological polar surface area (TPSA) is 114 Å². The second-order valence-corrected chi connectivity index (χ2v) is 9.64. The highest BCUT2D eigenvalue weighted by Gasteiger charge is 2.15. The van der Waals surface area contributed by atoms with Gasteiger partial charge in [0.1, 0.15) is 5.82 Å². The van der Waals surface area contributed by atoms with Gasteiger partial charge in [0.15, 0.2) is 0 Å². The van der Waals surface area contributed by atoms with Crippen molar-refractivity contribution >= 4 is 21.7 Å². The number of aryl methyl sites for hydroxylation is 1. The number of imidazole rings is 1. The van der Waals surface area contributed by atoms with Crippen LogP contribution in [0.4, 0.5) is 11.6 Å². The summed E-state index contributed by atoms with van der Waals surface area (Å²) in [5.41, 5.74) is 2.33. The zero-order valence-corrected chi connectivity index (χ0v) is 19.7. The van der Waals surface area contributed by atoms with Crippen molar-refractivity contribution in [1.29, 1.82) is 0 Å². The maximum atomic E-state index is 12.6. The van der Waals surface area contributed by atoms with Crippen LogP contribution in [-0.4, -0.2) is 72.2 Å². The van der Waals surface area contributed by atoms with Crippen LogP contribution in [0.1, 0.15) is 12.2 Å². The zero-order valence-electron chi connectivity index (χ0n) is 18.9. The van der Waals surface area contributed by atoms with Gasteiger partial charge in [-0.1, -0.05) is 0 Å². The molecule has 1 aliphatic rings. The van der Waals surface area contributed by atoms with E-state index in [1.165, 1.54) is 0 Å². The molecule has 0 atom stereocenters. The summed E-state index contributed by atoms with van der Waals surface area (Å²) in [5, 5.41) is 3.12. The number of benzene rings is 1. The molecule has 0 spiro atoms. The van der Waals surface area contributed by atoms with Crippen molar-refractivity contribution in [3.63, 3.8) is 0 Å². The Morgan fingerprint density at radius 1 is 1.09 bits per heavy atom. The molecule has 0 radical (unpaired) electrons. The molecule has 0 aliphatic carbocycles. The molecule has 0 bridgehead atoms. The Hall–Kier alpha value is -2.86. The molecular formula is C22H29N7O3S. The molecule has 0 saturated carbocycles. The fourth-order valence-electron chi connectivity index (χ4n) is 3.57. The molecule has 11 heteroatoms. The summed E-state index contributed by atoms with van der Waals surface area (Å²) < 4.78 is 35.1. The molecule has 2 N–H and O–H groups in total. The van der Waals surface area contributed by atoms with E-state index >= 15 is 0 Å². The minimum atomic E-state index is -3.56. The minimum absolute atomic E-state index is 0.222. The van der Waals surface area contributed by atoms with Crippen LogP contribution in [0.3, 0.4) is 0 Å². The highest BCUT2D eigenvalue weighted by Crippen LogP contribution is 2.21. The molecule has 3 aromatic rings. The van der Waals surface area contributed by atoms with Crippen molar-refractivity contribution in [3.05, 3.63) is 48.5 Å². The van der Waals surface area contributed by atoms with Crippen LogP contribution < -0.4 is 10.0 Å². The van der Waals surface area contributed by atoms with Crippen molar-refractivity contribution in [2.24, 2.45) is 7.05 Å². The molecule has 10 nitrogen and oxygen atoms in total. The number of nitrogens with zero attached hydrogens (tertiary/aromatic N) is 5. The van der Waals surface area contributed by atoms with Crippen LogP contribution in [-0.2, 0) is 21.8 Å². The number of sulfonamides is 1. The number of nitrogens with one attached hydrogen (secondary N) is 2. The van der Waals surface area contributed by atoms with Gasteiger partial charge in [-0.2, -0.15) is 0 Å². The van der Waals surface area contributed by atoms with Crippen LogP contribution in [0.25, 0.3) is 11.4 Å². The SMILES string of the molecule is Cc1ncc(-c2ccnc(Nc3ccc(S(=O)(=O)NCCCN4CCOCC4)cc3)n2)n1C. The van der Waals surface area contributed by atoms with E-state index in [0.29, 0.717) is 18.2 Å². The summed E-state index contributed by atoms with van der Waals surface area (Å²) in [5.74, 6) is 1.31.